The van der Waals surface area contributed by atoms with E-state index in [1.165, 1.54) is 37.9 Å². The summed E-state index contributed by atoms with van der Waals surface area (Å²) in [7, 11) is 0. The summed E-state index contributed by atoms with van der Waals surface area (Å²) in [5, 5.41) is 0. The molecule has 0 unspecified atom stereocenters. The molecule has 0 saturated heterocycles. The molecular weight excluding hydrogens is 208 g/mol. The predicted octanol–water partition coefficient (Wildman–Crippen LogP) is 2.23. The number of rotatable bonds is 2. The van der Waals surface area contributed by atoms with E-state index in [9.17, 15) is 0 Å². The zero-order valence-corrected chi connectivity index (χ0v) is 10.9. The first-order valence-electron chi connectivity index (χ1n) is 6.73. The second-order valence-electron chi connectivity index (χ2n) is 6.07. The molecule has 0 amide bonds. The number of benzene rings is 1. The van der Waals surface area contributed by atoms with Gasteiger partial charge in [0.25, 0.3) is 0 Å². The highest BCUT2D eigenvalue weighted by molar-refractivity contribution is 5.66. The lowest BCUT2D eigenvalue weighted by molar-refractivity contribution is 0.537. The first-order chi connectivity index (χ1) is 8.12. The fourth-order valence-corrected chi connectivity index (χ4v) is 3.11. The van der Waals surface area contributed by atoms with E-state index >= 15 is 0 Å². The minimum absolute atomic E-state index is 0.108. The second kappa shape index (κ2) is 3.74. The normalized spacial score (nSPS) is 18.4. The van der Waals surface area contributed by atoms with Gasteiger partial charge >= 0.3 is 0 Å². The van der Waals surface area contributed by atoms with E-state index in [-0.39, 0.29) is 5.41 Å². The average Bonchev–Trinajstić information content (AvgIpc) is 2.75. The molecule has 2 N–H and O–H groups in total. The molecule has 0 saturated carbocycles. The molecule has 0 fully saturated rings. The maximum atomic E-state index is 5.91. The van der Waals surface area contributed by atoms with Crippen LogP contribution in [0.4, 0.5) is 5.69 Å². The zero-order chi connectivity index (χ0) is 12.0. The number of aryl methyl sites for hydroxylation is 1. The number of nitrogens with two attached hydrogens (primary N) is 1. The molecule has 0 aliphatic carbocycles. The molecule has 0 aromatic heterocycles. The van der Waals surface area contributed by atoms with Crippen molar-refractivity contribution in [3.05, 3.63) is 28.8 Å². The van der Waals surface area contributed by atoms with Gasteiger partial charge < -0.3 is 10.6 Å². The largest absolute Gasteiger partial charge is 0.371 e. The second-order valence-corrected chi connectivity index (χ2v) is 6.07. The Hall–Kier alpha value is -1.02. The highest BCUT2D eigenvalue weighted by Crippen LogP contribution is 2.39. The fourth-order valence-electron chi connectivity index (χ4n) is 3.11. The molecule has 0 radical (unpaired) electrons. The van der Waals surface area contributed by atoms with Crippen molar-refractivity contribution in [1.29, 1.82) is 0 Å². The van der Waals surface area contributed by atoms with Gasteiger partial charge in [-0.15, -0.1) is 0 Å². The Bertz CT molecular complexity index is 448. The van der Waals surface area contributed by atoms with E-state index in [0.29, 0.717) is 0 Å². The van der Waals surface area contributed by atoms with Crippen molar-refractivity contribution in [1.82, 2.24) is 0 Å². The van der Waals surface area contributed by atoms with Crippen LogP contribution in [0.15, 0.2) is 12.1 Å². The summed E-state index contributed by atoms with van der Waals surface area (Å²) >= 11 is 0. The van der Waals surface area contributed by atoms with Crippen LogP contribution >= 0.6 is 0 Å². The van der Waals surface area contributed by atoms with Gasteiger partial charge in [0, 0.05) is 30.7 Å². The quantitative estimate of drug-likeness (QED) is 0.844. The van der Waals surface area contributed by atoms with Crippen LogP contribution in [0.2, 0.25) is 0 Å². The SMILES string of the molecule is CC(C)(CN)c1cc2c3c(c1)CCN3CCC2. The Kier molecular flexibility index (Phi) is 2.44. The van der Waals surface area contributed by atoms with E-state index in [1.807, 2.05) is 0 Å². The molecule has 2 aliphatic rings. The first-order valence-corrected chi connectivity index (χ1v) is 6.73. The lowest BCUT2D eigenvalue weighted by Crippen LogP contribution is -2.29. The molecule has 2 aliphatic heterocycles. The summed E-state index contributed by atoms with van der Waals surface area (Å²) in [4.78, 5) is 2.56. The lowest BCUT2D eigenvalue weighted by Gasteiger charge is -2.30. The summed E-state index contributed by atoms with van der Waals surface area (Å²) < 4.78 is 0. The number of hydrogen-bond donors (Lipinski definition) is 1. The van der Waals surface area contributed by atoms with E-state index in [1.54, 1.807) is 16.8 Å². The summed E-state index contributed by atoms with van der Waals surface area (Å²) in [5.74, 6) is 0. The van der Waals surface area contributed by atoms with Crippen LogP contribution in [0.25, 0.3) is 0 Å². The highest BCUT2D eigenvalue weighted by Gasteiger charge is 2.28. The van der Waals surface area contributed by atoms with Crippen LogP contribution in [0.1, 0.15) is 37.0 Å². The minimum atomic E-state index is 0.108. The topological polar surface area (TPSA) is 29.3 Å². The number of anilines is 1. The number of nitrogens with zero attached hydrogens (tertiary/aromatic N) is 1. The van der Waals surface area contributed by atoms with Crippen LogP contribution in [0.3, 0.4) is 0 Å². The van der Waals surface area contributed by atoms with Gasteiger partial charge in [0.1, 0.15) is 0 Å². The van der Waals surface area contributed by atoms with Crippen LogP contribution < -0.4 is 10.6 Å². The van der Waals surface area contributed by atoms with Gasteiger partial charge in [0.15, 0.2) is 0 Å². The Balaban J connectivity index is 2.11. The smallest absolute Gasteiger partial charge is 0.0432 e. The molecule has 17 heavy (non-hydrogen) atoms. The zero-order valence-electron chi connectivity index (χ0n) is 10.9. The van der Waals surface area contributed by atoms with Crippen molar-refractivity contribution in [3.8, 4) is 0 Å². The van der Waals surface area contributed by atoms with Gasteiger partial charge in [0.05, 0.1) is 0 Å². The third-order valence-corrected chi connectivity index (χ3v) is 4.40. The summed E-state index contributed by atoms with van der Waals surface area (Å²) in [5.41, 5.74) is 12.1. The minimum Gasteiger partial charge on any atom is -0.371 e. The van der Waals surface area contributed by atoms with Crippen molar-refractivity contribution in [2.24, 2.45) is 5.73 Å². The van der Waals surface area contributed by atoms with Gasteiger partial charge in [-0.25, -0.2) is 0 Å². The molecule has 2 nitrogen and oxygen atoms in total. The van der Waals surface area contributed by atoms with Gasteiger partial charge in [-0.05, 0) is 36.0 Å². The summed E-state index contributed by atoms with van der Waals surface area (Å²) in [6.07, 6.45) is 3.77. The Morgan fingerprint density at radius 2 is 1.88 bits per heavy atom. The maximum absolute atomic E-state index is 5.91. The van der Waals surface area contributed by atoms with Crippen molar-refractivity contribution in [2.75, 3.05) is 24.5 Å². The van der Waals surface area contributed by atoms with Crippen LogP contribution in [-0.2, 0) is 18.3 Å². The Labute approximate surface area is 104 Å². The molecule has 2 heteroatoms. The molecule has 1 aromatic rings. The van der Waals surface area contributed by atoms with Crippen LogP contribution in [-0.4, -0.2) is 19.6 Å². The fraction of sp³-hybridized carbons (Fsp3) is 0.600. The summed E-state index contributed by atoms with van der Waals surface area (Å²) in [6.45, 7) is 7.68. The Morgan fingerprint density at radius 1 is 1.18 bits per heavy atom. The maximum Gasteiger partial charge on any atom is 0.0432 e. The molecule has 92 valence electrons. The molecule has 3 rings (SSSR count). The summed E-state index contributed by atoms with van der Waals surface area (Å²) in [6, 6.07) is 4.81. The molecular formula is C15H22N2. The van der Waals surface area contributed by atoms with E-state index < -0.39 is 0 Å². The van der Waals surface area contributed by atoms with E-state index in [0.717, 1.165) is 6.54 Å². The van der Waals surface area contributed by atoms with Crippen LogP contribution in [0, 0.1) is 0 Å². The van der Waals surface area contributed by atoms with Crippen molar-refractivity contribution in [2.45, 2.75) is 38.5 Å². The van der Waals surface area contributed by atoms with E-state index in [2.05, 4.69) is 30.9 Å². The van der Waals surface area contributed by atoms with Crippen LogP contribution in [0.5, 0.6) is 0 Å². The molecule has 2 heterocycles. The first kappa shape index (κ1) is 11.1. The standard InChI is InChI=1S/C15H22N2/c1-15(2,10-16)13-8-11-4-3-6-17-7-5-12(9-13)14(11)17/h8-9H,3-7,10,16H2,1-2H3. The Morgan fingerprint density at radius 3 is 2.59 bits per heavy atom. The molecule has 1 aromatic carbocycles. The molecule has 0 atom stereocenters. The number of hydrogen-bond acceptors (Lipinski definition) is 2. The van der Waals surface area contributed by atoms with Crippen molar-refractivity contribution >= 4 is 5.69 Å². The molecule has 0 bridgehead atoms. The van der Waals surface area contributed by atoms with Gasteiger partial charge in [0.2, 0.25) is 0 Å². The average molecular weight is 230 g/mol. The predicted molar refractivity (Wildman–Crippen MR) is 72.8 cm³/mol. The van der Waals surface area contributed by atoms with Gasteiger partial charge in [-0.2, -0.15) is 0 Å². The highest BCUT2D eigenvalue weighted by atomic mass is 15.2. The molecule has 0 spiro atoms. The van der Waals surface area contributed by atoms with Crippen molar-refractivity contribution in [3.63, 3.8) is 0 Å². The van der Waals surface area contributed by atoms with Gasteiger partial charge in [-0.1, -0.05) is 26.0 Å². The lowest BCUT2D eigenvalue weighted by atomic mass is 9.81. The third kappa shape index (κ3) is 1.66. The monoisotopic (exact) mass is 230 g/mol. The third-order valence-electron chi connectivity index (χ3n) is 4.40. The van der Waals surface area contributed by atoms with Gasteiger partial charge in [-0.3, -0.25) is 0 Å². The van der Waals surface area contributed by atoms with Crippen molar-refractivity contribution < 1.29 is 0 Å². The van der Waals surface area contributed by atoms with E-state index in [4.69, 9.17) is 5.73 Å².